The number of carbonyl (C=O) groups is 2. The van der Waals surface area contributed by atoms with Crippen molar-refractivity contribution in [2.24, 2.45) is 5.92 Å². The second-order valence-corrected chi connectivity index (χ2v) is 13.2. The van der Waals surface area contributed by atoms with Crippen LogP contribution in [0.1, 0.15) is 36.4 Å². The Hall–Kier alpha value is -3.23. The summed E-state index contributed by atoms with van der Waals surface area (Å²) in [6.07, 6.45) is 3.64. The first-order valence-electron chi connectivity index (χ1n) is 12.6. The Labute approximate surface area is 251 Å². The van der Waals surface area contributed by atoms with Gasteiger partial charge < -0.3 is 15.4 Å². The van der Waals surface area contributed by atoms with Gasteiger partial charge >= 0.3 is 16.4 Å². The fraction of sp³-hybridized carbons (Fsp3) is 0.296. The summed E-state index contributed by atoms with van der Waals surface area (Å²) in [7, 11) is -3.15. The topological polar surface area (TPSA) is 147 Å². The lowest BCUT2D eigenvalue weighted by atomic mass is 9.87. The summed E-state index contributed by atoms with van der Waals surface area (Å²) in [4.78, 5) is 31.4. The van der Waals surface area contributed by atoms with Crippen molar-refractivity contribution in [2.75, 3.05) is 7.11 Å². The van der Waals surface area contributed by atoms with E-state index in [0.717, 1.165) is 21.7 Å². The molecule has 4 N–H and O–H groups in total. The van der Waals surface area contributed by atoms with E-state index in [1.54, 1.807) is 18.2 Å². The molecule has 14 heteroatoms. The minimum Gasteiger partial charge on any atom is -0.453 e. The van der Waals surface area contributed by atoms with E-state index in [2.05, 4.69) is 15.4 Å². The number of halogens is 1. The number of carbonyl (C=O) groups excluding carboxylic acids is 2. The van der Waals surface area contributed by atoms with Crippen molar-refractivity contribution in [3.8, 4) is 10.6 Å². The molecule has 0 saturated heterocycles. The second kappa shape index (κ2) is 13.6. The first-order chi connectivity index (χ1) is 19.5. The highest BCUT2D eigenvalue weighted by Crippen LogP contribution is 2.36. The number of hydrogen-bond donors (Lipinski definition) is 4. The van der Waals surface area contributed by atoms with Gasteiger partial charge in [0.05, 0.1) is 28.1 Å². The number of amides is 2. The molecule has 2 aromatic heterocycles. The van der Waals surface area contributed by atoms with E-state index in [-0.39, 0.29) is 12.3 Å². The number of methoxy groups -OCH3 is 1. The van der Waals surface area contributed by atoms with E-state index in [9.17, 15) is 18.0 Å². The van der Waals surface area contributed by atoms with Crippen molar-refractivity contribution < 1.29 is 27.3 Å². The van der Waals surface area contributed by atoms with Crippen LogP contribution in [0.25, 0.3) is 10.6 Å². The summed E-state index contributed by atoms with van der Waals surface area (Å²) in [6.45, 7) is 1.93. The van der Waals surface area contributed by atoms with E-state index in [4.69, 9.17) is 25.9 Å². The second-order valence-electron chi connectivity index (χ2n) is 9.43. The van der Waals surface area contributed by atoms with Crippen molar-refractivity contribution in [1.82, 2.24) is 20.3 Å². The van der Waals surface area contributed by atoms with Gasteiger partial charge in [0, 0.05) is 17.5 Å². The Morgan fingerprint density at radius 1 is 1.15 bits per heavy atom. The predicted molar refractivity (Wildman–Crippen MR) is 160 cm³/mol. The third-order valence-electron chi connectivity index (χ3n) is 6.40. The number of benzene rings is 1. The maximum absolute atomic E-state index is 13.6. The zero-order chi connectivity index (χ0) is 29.6. The van der Waals surface area contributed by atoms with Crippen LogP contribution >= 0.6 is 34.3 Å². The van der Waals surface area contributed by atoms with E-state index < -0.39 is 34.4 Å². The molecule has 3 aromatic rings. The lowest BCUT2D eigenvalue weighted by Gasteiger charge is -2.27. The molecule has 2 amide bonds. The van der Waals surface area contributed by atoms with Gasteiger partial charge in [-0.15, -0.1) is 22.7 Å². The minimum atomic E-state index is -4.38. The Kier molecular flexibility index (Phi) is 10.2. The first-order valence-corrected chi connectivity index (χ1v) is 16.1. The Bertz CT molecular complexity index is 1550. The molecule has 2 heterocycles. The van der Waals surface area contributed by atoms with Gasteiger partial charge in [0.25, 0.3) is 0 Å². The normalized spacial score (nSPS) is 16.6. The monoisotopic (exact) mass is 636 g/mol. The van der Waals surface area contributed by atoms with E-state index in [0.29, 0.717) is 27.9 Å². The van der Waals surface area contributed by atoms with Gasteiger partial charge in [-0.3, -0.25) is 14.1 Å². The highest BCUT2D eigenvalue weighted by Gasteiger charge is 2.29. The first kappa shape index (κ1) is 30.7. The van der Waals surface area contributed by atoms with Crippen molar-refractivity contribution in [1.29, 1.82) is 0 Å². The molecule has 0 radical (unpaired) electrons. The SMILES string of the molecule is COC(=O)N[C@@H](Cc1ccccc1)C(=O)N[C@@H](CC1=CC=C(NS(=O)(=O)O)CC1C)c1nc(-c2ccc(Cl)s2)cs1. The number of hydrogen-bond acceptors (Lipinski definition) is 8. The van der Waals surface area contributed by atoms with Gasteiger partial charge in [0.2, 0.25) is 5.91 Å². The fourth-order valence-electron chi connectivity index (χ4n) is 4.39. The molecule has 0 spiro atoms. The van der Waals surface area contributed by atoms with Crippen LogP contribution in [0.15, 0.2) is 71.3 Å². The Morgan fingerprint density at radius 3 is 2.54 bits per heavy atom. The smallest absolute Gasteiger partial charge is 0.407 e. The third-order valence-corrected chi connectivity index (χ3v) is 9.13. The molecular weight excluding hydrogens is 608 g/mol. The number of ether oxygens (including phenoxy) is 1. The summed E-state index contributed by atoms with van der Waals surface area (Å²) in [5, 5.41) is 8.26. The molecule has 1 unspecified atom stereocenters. The maximum Gasteiger partial charge on any atom is 0.407 e. The lowest BCUT2D eigenvalue weighted by Crippen LogP contribution is -2.49. The van der Waals surface area contributed by atoms with Gasteiger partial charge in [-0.25, -0.2) is 9.78 Å². The quantitative estimate of drug-likeness (QED) is 0.209. The molecule has 218 valence electrons. The van der Waals surface area contributed by atoms with Crippen LogP contribution in [-0.2, 0) is 26.3 Å². The summed E-state index contributed by atoms with van der Waals surface area (Å²) < 4.78 is 39.2. The third kappa shape index (κ3) is 8.88. The molecule has 3 atom stereocenters. The maximum atomic E-state index is 13.6. The van der Waals surface area contributed by atoms with Gasteiger partial charge in [-0.1, -0.05) is 60.5 Å². The van der Waals surface area contributed by atoms with Crippen LogP contribution in [-0.4, -0.2) is 43.1 Å². The van der Waals surface area contributed by atoms with E-state index in [1.807, 2.05) is 48.7 Å². The lowest BCUT2D eigenvalue weighted by molar-refractivity contribution is -0.123. The van der Waals surface area contributed by atoms with Crippen molar-refractivity contribution in [3.05, 3.63) is 86.2 Å². The molecule has 0 fully saturated rings. The number of aromatic nitrogens is 1. The average Bonchev–Trinajstić information content (AvgIpc) is 3.58. The number of allylic oxidation sites excluding steroid dienone is 3. The number of thiophene rings is 1. The fourth-order valence-corrected chi connectivity index (χ4v) is 6.82. The van der Waals surface area contributed by atoms with Crippen molar-refractivity contribution >= 4 is 56.6 Å². The van der Waals surface area contributed by atoms with Crippen molar-refractivity contribution in [2.45, 2.75) is 38.3 Å². The van der Waals surface area contributed by atoms with Crippen LogP contribution in [0, 0.1) is 5.92 Å². The summed E-state index contributed by atoms with van der Waals surface area (Å²) in [6, 6.07) is 11.5. The number of nitrogens with one attached hydrogen (secondary N) is 3. The zero-order valence-electron chi connectivity index (χ0n) is 22.2. The number of alkyl carbamates (subject to hydrolysis) is 1. The van der Waals surface area contributed by atoms with Crippen molar-refractivity contribution in [3.63, 3.8) is 0 Å². The van der Waals surface area contributed by atoms with Crippen LogP contribution in [0.3, 0.4) is 0 Å². The summed E-state index contributed by atoms with van der Waals surface area (Å²) in [5.41, 5.74) is 2.91. The molecule has 1 aliphatic carbocycles. The zero-order valence-corrected chi connectivity index (χ0v) is 25.4. The van der Waals surface area contributed by atoms with Gasteiger partial charge in [-0.2, -0.15) is 8.42 Å². The van der Waals surface area contributed by atoms with E-state index >= 15 is 0 Å². The summed E-state index contributed by atoms with van der Waals surface area (Å²) >= 11 is 8.92. The van der Waals surface area contributed by atoms with Gasteiger partial charge in [0.1, 0.15) is 11.0 Å². The number of nitrogens with zero attached hydrogens (tertiary/aromatic N) is 1. The molecule has 0 aliphatic heterocycles. The molecule has 1 aliphatic rings. The van der Waals surface area contributed by atoms with Crippen LogP contribution < -0.4 is 15.4 Å². The largest absolute Gasteiger partial charge is 0.453 e. The molecule has 10 nitrogen and oxygen atoms in total. The molecule has 41 heavy (non-hydrogen) atoms. The average molecular weight is 637 g/mol. The number of thiazole rings is 1. The van der Waals surface area contributed by atoms with E-state index in [1.165, 1.54) is 29.8 Å². The minimum absolute atomic E-state index is 0.0903. The van der Waals surface area contributed by atoms with Gasteiger partial charge in [-0.05, 0) is 42.5 Å². The highest BCUT2D eigenvalue weighted by molar-refractivity contribution is 7.83. The van der Waals surface area contributed by atoms with Crippen LogP contribution in [0.4, 0.5) is 4.79 Å². The van der Waals surface area contributed by atoms with Gasteiger partial charge in [0.15, 0.2) is 0 Å². The summed E-state index contributed by atoms with van der Waals surface area (Å²) in [5.74, 6) is -0.499. The molecule has 4 rings (SSSR count). The standard InChI is InChI=1S/C27H29ClN4O6S3/c1-16-12-19(32-41(35,36)37)9-8-18(16)14-21(26-30-22(15-39-26)23-10-11-24(28)40-23)29-25(33)20(31-27(34)38-2)13-17-6-4-3-5-7-17/h3-11,15-16,20-21,32H,12-14H2,1-2H3,(H,29,33)(H,31,34)(H,35,36,37)/t16?,20-,21-/m0/s1. The van der Waals surface area contributed by atoms with Crippen LogP contribution in [0.5, 0.6) is 0 Å². The Morgan fingerprint density at radius 2 is 1.90 bits per heavy atom. The molecule has 1 aromatic carbocycles. The Balaban J connectivity index is 1.62. The number of rotatable bonds is 11. The molecule has 0 bridgehead atoms. The molecular formula is C27H29ClN4O6S3. The predicted octanol–water partition coefficient (Wildman–Crippen LogP) is 5.28. The van der Waals surface area contributed by atoms with Crippen LogP contribution in [0.2, 0.25) is 4.34 Å². The highest BCUT2D eigenvalue weighted by atomic mass is 35.5. The molecule has 0 saturated carbocycles.